The molecule has 1 N–H and O–H groups in total. The molecular formula is C15H19N5O3. The summed E-state index contributed by atoms with van der Waals surface area (Å²) in [6.45, 7) is 2.59. The molecule has 23 heavy (non-hydrogen) atoms. The zero-order chi connectivity index (χ0) is 16.2. The Morgan fingerprint density at radius 3 is 2.61 bits per heavy atom. The van der Waals surface area contributed by atoms with E-state index in [1.54, 1.807) is 17.1 Å². The van der Waals surface area contributed by atoms with E-state index < -0.39 is 5.97 Å². The Hall–Kier alpha value is -2.48. The van der Waals surface area contributed by atoms with Gasteiger partial charge in [-0.3, -0.25) is 4.68 Å². The SMILES string of the molecule is COCc1nn(Cc2cnc(N3CCCC3)nc2)cc1C(=O)O. The Kier molecular flexibility index (Phi) is 4.52. The van der Waals surface area contributed by atoms with Crippen molar-refractivity contribution in [3.63, 3.8) is 0 Å². The van der Waals surface area contributed by atoms with Gasteiger partial charge in [0.2, 0.25) is 5.95 Å². The molecule has 0 bridgehead atoms. The second kappa shape index (κ2) is 6.74. The van der Waals surface area contributed by atoms with Crippen molar-refractivity contribution in [1.29, 1.82) is 0 Å². The van der Waals surface area contributed by atoms with Crippen LogP contribution in [0.3, 0.4) is 0 Å². The molecule has 122 valence electrons. The number of methoxy groups -OCH3 is 1. The van der Waals surface area contributed by atoms with Crippen LogP contribution < -0.4 is 4.90 Å². The lowest BCUT2D eigenvalue weighted by Gasteiger charge is -2.14. The second-order valence-electron chi connectivity index (χ2n) is 5.51. The highest BCUT2D eigenvalue weighted by molar-refractivity contribution is 5.88. The number of aromatic carboxylic acids is 1. The van der Waals surface area contributed by atoms with E-state index in [2.05, 4.69) is 20.0 Å². The number of rotatable bonds is 6. The number of nitrogens with zero attached hydrogens (tertiary/aromatic N) is 5. The molecule has 8 heteroatoms. The quantitative estimate of drug-likeness (QED) is 0.854. The van der Waals surface area contributed by atoms with Gasteiger partial charge in [0.1, 0.15) is 11.3 Å². The Labute approximate surface area is 133 Å². The van der Waals surface area contributed by atoms with Crippen LogP contribution in [0.1, 0.15) is 34.5 Å². The molecule has 2 aromatic rings. The molecule has 0 spiro atoms. The highest BCUT2D eigenvalue weighted by atomic mass is 16.5. The molecule has 1 fully saturated rings. The van der Waals surface area contributed by atoms with Crippen LogP contribution in [0.25, 0.3) is 0 Å². The van der Waals surface area contributed by atoms with Crippen molar-refractivity contribution in [3.8, 4) is 0 Å². The lowest BCUT2D eigenvalue weighted by Crippen LogP contribution is -2.20. The fraction of sp³-hybridized carbons (Fsp3) is 0.467. The lowest BCUT2D eigenvalue weighted by atomic mass is 10.2. The summed E-state index contributed by atoms with van der Waals surface area (Å²) < 4.78 is 6.56. The minimum absolute atomic E-state index is 0.154. The van der Waals surface area contributed by atoms with Gasteiger partial charge in [0.05, 0.1) is 13.2 Å². The van der Waals surface area contributed by atoms with E-state index in [4.69, 9.17) is 4.74 Å². The summed E-state index contributed by atoms with van der Waals surface area (Å²) >= 11 is 0. The fourth-order valence-corrected chi connectivity index (χ4v) is 2.66. The van der Waals surface area contributed by atoms with Crippen molar-refractivity contribution in [2.24, 2.45) is 0 Å². The molecule has 0 atom stereocenters. The van der Waals surface area contributed by atoms with Gasteiger partial charge in [-0.25, -0.2) is 14.8 Å². The Bertz CT molecular complexity index is 677. The summed E-state index contributed by atoms with van der Waals surface area (Å²) in [5, 5.41) is 13.5. The van der Waals surface area contributed by atoms with Crippen molar-refractivity contribution >= 4 is 11.9 Å². The van der Waals surface area contributed by atoms with Crippen LogP contribution >= 0.6 is 0 Å². The number of ether oxygens (including phenoxy) is 1. The predicted octanol–water partition coefficient (Wildman–Crippen LogP) is 1.17. The van der Waals surface area contributed by atoms with E-state index in [9.17, 15) is 9.90 Å². The molecule has 8 nitrogen and oxygen atoms in total. The maximum absolute atomic E-state index is 11.2. The van der Waals surface area contributed by atoms with Crippen molar-refractivity contribution in [2.75, 3.05) is 25.1 Å². The topological polar surface area (TPSA) is 93.4 Å². The standard InChI is InChI=1S/C15H19N5O3/c1-23-10-13-12(14(21)22)9-20(18-13)8-11-6-16-15(17-7-11)19-4-2-3-5-19/h6-7,9H,2-5,8,10H2,1H3,(H,21,22). The first-order valence-electron chi connectivity index (χ1n) is 7.52. The molecule has 0 aromatic carbocycles. The number of carboxylic acid groups (broad SMARTS) is 1. The van der Waals surface area contributed by atoms with Crippen molar-refractivity contribution in [1.82, 2.24) is 19.7 Å². The lowest BCUT2D eigenvalue weighted by molar-refractivity contribution is 0.0691. The summed E-state index contributed by atoms with van der Waals surface area (Å²) in [7, 11) is 1.51. The van der Waals surface area contributed by atoms with Gasteiger partial charge in [-0.2, -0.15) is 5.10 Å². The monoisotopic (exact) mass is 317 g/mol. The number of hydrogen-bond donors (Lipinski definition) is 1. The summed E-state index contributed by atoms with van der Waals surface area (Å²) in [6, 6.07) is 0. The average molecular weight is 317 g/mol. The molecule has 2 aromatic heterocycles. The molecule has 1 saturated heterocycles. The smallest absolute Gasteiger partial charge is 0.339 e. The third kappa shape index (κ3) is 3.48. The maximum Gasteiger partial charge on any atom is 0.339 e. The third-order valence-corrected chi connectivity index (χ3v) is 3.77. The molecule has 0 radical (unpaired) electrons. The van der Waals surface area contributed by atoms with Crippen LogP contribution in [0.5, 0.6) is 0 Å². The molecule has 1 aliphatic rings. The first-order valence-corrected chi connectivity index (χ1v) is 7.52. The van der Waals surface area contributed by atoms with Gasteiger partial charge < -0.3 is 14.7 Å². The molecule has 3 rings (SSSR count). The van der Waals surface area contributed by atoms with Crippen LogP contribution in [0, 0.1) is 0 Å². The van der Waals surface area contributed by atoms with E-state index in [0.717, 1.165) is 24.6 Å². The fourth-order valence-electron chi connectivity index (χ4n) is 2.66. The summed E-state index contributed by atoms with van der Waals surface area (Å²) in [5.41, 5.74) is 1.44. The first-order chi connectivity index (χ1) is 11.2. The van der Waals surface area contributed by atoms with Crippen LogP contribution in [0.2, 0.25) is 0 Å². The molecule has 0 unspecified atom stereocenters. The normalized spacial score (nSPS) is 14.4. The van der Waals surface area contributed by atoms with Crippen molar-refractivity contribution in [3.05, 3.63) is 35.4 Å². The maximum atomic E-state index is 11.2. The van der Waals surface area contributed by atoms with E-state index in [1.165, 1.54) is 26.1 Å². The van der Waals surface area contributed by atoms with Crippen LogP contribution in [-0.2, 0) is 17.9 Å². The van der Waals surface area contributed by atoms with E-state index >= 15 is 0 Å². The number of carbonyl (C=O) groups is 1. The van der Waals surface area contributed by atoms with Crippen molar-refractivity contribution in [2.45, 2.75) is 26.0 Å². The minimum Gasteiger partial charge on any atom is -0.478 e. The number of aromatic nitrogens is 4. The van der Waals surface area contributed by atoms with Gasteiger partial charge in [-0.05, 0) is 12.8 Å². The zero-order valence-corrected chi connectivity index (χ0v) is 13.0. The largest absolute Gasteiger partial charge is 0.478 e. The van der Waals surface area contributed by atoms with Crippen LogP contribution in [0.15, 0.2) is 18.6 Å². The molecular weight excluding hydrogens is 298 g/mol. The predicted molar refractivity (Wildman–Crippen MR) is 82.5 cm³/mol. The first kappa shape index (κ1) is 15.4. The average Bonchev–Trinajstić information content (AvgIpc) is 3.18. The van der Waals surface area contributed by atoms with Gasteiger partial charge in [0, 0.05) is 44.4 Å². The van der Waals surface area contributed by atoms with Crippen molar-refractivity contribution < 1.29 is 14.6 Å². The Morgan fingerprint density at radius 2 is 2.00 bits per heavy atom. The van der Waals surface area contributed by atoms with Gasteiger partial charge in [-0.15, -0.1) is 0 Å². The Balaban J connectivity index is 1.73. The number of anilines is 1. The minimum atomic E-state index is -1.01. The molecule has 3 heterocycles. The summed E-state index contributed by atoms with van der Waals surface area (Å²) in [5.74, 6) is -0.262. The van der Waals surface area contributed by atoms with Crippen LogP contribution in [0.4, 0.5) is 5.95 Å². The molecule has 0 aliphatic carbocycles. The van der Waals surface area contributed by atoms with Gasteiger partial charge in [0.15, 0.2) is 0 Å². The van der Waals surface area contributed by atoms with Gasteiger partial charge >= 0.3 is 5.97 Å². The zero-order valence-electron chi connectivity index (χ0n) is 13.0. The molecule has 1 aliphatic heterocycles. The molecule has 0 amide bonds. The second-order valence-corrected chi connectivity index (χ2v) is 5.51. The highest BCUT2D eigenvalue weighted by Crippen LogP contribution is 2.15. The highest BCUT2D eigenvalue weighted by Gasteiger charge is 2.16. The van der Waals surface area contributed by atoms with Crippen LogP contribution in [-0.4, -0.2) is 51.0 Å². The van der Waals surface area contributed by atoms with Gasteiger partial charge in [-0.1, -0.05) is 0 Å². The van der Waals surface area contributed by atoms with E-state index in [-0.39, 0.29) is 12.2 Å². The summed E-state index contributed by atoms with van der Waals surface area (Å²) in [6.07, 6.45) is 7.39. The Morgan fingerprint density at radius 1 is 1.30 bits per heavy atom. The number of carboxylic acids is 1. The van der Waals surface area contributed by atoms with E-state index in [1.807, 2.05) is 0 Å². The third-order valence-electron chi connectivity index (χ3n) is 3.77. The number of hydrogen-bond acceptors (Lipinski definition) is 6. The van der Waals surface area contributed by atoms with E-state index in [0.29, 0.717) is 12.2 Å². The van der Waals surface area contributed by atoms with Gasteiger partial charge in [0.25, 0.3) is 0 Å². The summed E-state index contributed by atoms with van der Waals surface area (Å²) in [4.78, 5) is 22.2. The molecule has 0 saturated carbocycles.